The summed E-state index contributed by atoms with van der Waals surface area (Å²) < 4.78 is 21.9. The fourth-order valence-corrected chi connectivity index (χ4v) is 0.783. The van der Waals surface area contributed by atoms with Crippen molar-refractivity contribution < 1.29 is 37.6 Å². The van der Waals surface area contributed by atoms with Crippen molar-refractivity contribution in [1.29, 1.82) is 0 Å². The molecule has 0 atom stereocenters. The SMILES string of the molecule is CCOOC(=O)S(=O)(=O)C(=O)OOCC. The van der Waals surface area contributed by atoms with Crippen molar-refractivity contribution in [3.05, 3.63) is 0 Å². The first-order valence-electron chi connectivity index (χ1n) is 3.88. The highest BCUT2D eigenvalue weighted by molar-refractivity contribution is 8.18. The summed E-state index contributed by atoms with van der Waals surface area (Å²) in [4.78, 5) is 37.1. The molecule has 0 rings (SSSR count). The molecule has 0 N–H and O–H groups in total. The normalized spacial score (nSPS) is 10.8. The average molecular weight is 242 g/mol. The molecule has 8 nitrogen and oxygen atoms in total. The first kappa shape index (κ1) is 13.8. The molecular weight excluding hydrogens is 232 g/mol. The standard InChI is InChI=1S/C6H10O8S/c1-3-11-13-5(7)15(9,10)6(8)14-12-4-2/h3-4H2,1-2H3. The summed E-state index contributed by atoms with van der Waals surface area (Å²) in [5, 5.41) is -3.71. The van der Waals surface area contributed by atoms with Gasteiger partial charge in [0.15, 0.2) is 0 Å². The summed E-state index contributed by atoms with van der Waals surface area (Å²) in [6, 6.07) is 0. The minimum absolute atomic E-state index is 0.0538. The third-order valence-corrected chi connectivity index (χ3v) is 1.94. The maximum atomic E-state index is 10.9. The Morgan fingerprint density at radius 3 is 1.53 bits per heavy atom. The molecule has 0 saturated heterocycles. The Morgan fingerprint density at radius 1 is 0.933 bits per heavy atom. The van der Waals surface area contributed by atoms with E-state index in [0.29, 0.717) is 0 Å². The van der Waals surface area contributed by atoms with Crippen LogP contribution in [0, 0.1) is 0 Å². The molecule has 88 valence electrons. The van der Waals surface area contributed by atoms with E-state index in [1.54, 1.807) is 0 Å². The number of sulfone groups is 1. The molecular formula is C6H10O8S. The fraction of sp³-hybridized carbons (Fsp3) is 0.667. The van der Waals surface area contributed by atoms with Gasteiger partial charge in [-0.05, 0) is 13.8 Å². The predicted molar refractivity (Wildman–Crippen MR) is 45.1 cm³/mol. The first-order valence-corrected chi connectivity index (χ1v) is 5.37. The number of hydrogen-bond donors (Lipinski definition) is 0. The molecule has 0 amide bonds. The van der Waals surface area contributed by atoms with Gasteiger partial charge >= 0.3 is 20.4 Å². The third kappa shape index (κ3) is 4.23. The minimum atomic E-state index is -4.86. The van der Waals surface area contributed by atoms with Gasteiger partial charge in [0.1, 0.15) is 0 Å². The van der Waals surface area contributed by atoms with Crippen LogP contribution in [0.3, 0.4) is 0 Å². The van der Waals surface area contributed by atoms with Gasteiger partial charge in [0.2, 0.25) is 0 Å². The Hall–Kier alpha value is -1.19. The van der Waals surface area contributed by atoms with Crippen LogP contribution in [0.5, 0.6) is 0 Å². The van der Waals surface area contributed by atoms with Crippen molar-refractivity contribution in [2.75, 3.05) is 13.2 Å². The monoisotopic (exact) mass is 242 g/mol. The van der Waals surface area contributed by atoms with E-state index in [9.17, 15) is 18.0 Å². The van der Waals surface area contributed by atoms with Crippen molar-refractivity contribution in [2.45, 2.75) is 13.8 Å². The Bertz CT molecular complexity index is 292. The highest BCUT2D eigenvalue weighted by Crippen LogP contribution is 2.02. The smallest absolute Gasteiger partial charge is 0.280 e. The second kappa shape index (κ2) is 6.32. The van der Waals surface area contributed by atoms with Gasteiger partial charge in [0, 0.05) is 0 Å². The maximum Gasteiger partial charge on any atom is 0.467 e. The van der Waals surface area contributed by atoms with E-state index in [1.807, 2.05) is 0 Å². The van der Waals surface area contributed by atoms with Gasteiger partial charge in [-0.3, -0.25) is 9.78 Å². The summed E-state index contributed by atoms with van der Waals surface area (Å²) in [6.45, 7) is 2.81. The van der Waals surface area contributed by atoms with Crippen LogP contribution in [-0.4, -0.2) is 32.2 Å². The van der Waals surface area contributed by atoms with Crippen LogP contribution in [0.2, 0.25) is 0 Å². The summed E-state index contributed by atoms with van der Waals surface area (Å²) in [6.07, 6.45) is 0. The lowest BCUT2D eigenvalue weighted by Gasteiger charge is -2.01. The van der Waals surface area contributed by atoms with Gasteiger partial charge in [-0.1, -0.05) is 0 Å². The van der Waals surface area contributed by atoms with E-state index < -0.39 is 20.4 Å². The average Bonchev–Trinajstić information content (AvgIpc) is 2.21. The lowest BCUT2D eigenvalue weighted by atomic mass is 10.9. The van der Waals surface area contributed by atoms with Crippen LogP contribution >= 0.6 is 0 Å². The van der Waals surface area contributed by atoms with Crippen molar-refractivity contribution in [3.63, 3.8) is 0 Å². The first-order chi connectivity index (χ1) is 6.96. The van der Waals surface area contributed by atoms with Crippen molar-refractivity contribution in [3.8, 4) is 0 Å². The minimum Gasteiger partial charge on any atom is -0.280 e. The number of carbonyl (C=O) groups excluding carboxylic acids is 2. The maximum absolute atomic E-state index is 10.9. The van der Waals surface area contributed by atoms with E-state index >= 15 is 0 Å². The third-order valence-electron chi connectivity index (χ3n) is 0.928. The molecule has 0 fully saturated rings. The molecule has 0 heterocycles. The summed E-state index contributed by atoms with van der Waals surface area (Å²) in [7, 11) is -4.86. The zero-order chi connectivity index (χ0) is 11.9. The molecule has 0 radical (unpaired) electrons. The van der Waals surface area contributed by atoms with E-state index in [-0.39, 0.29) is 13.2 Å². The lowest BCUT2D eigenvalue weighted by Crippen LogP contribution is -2.26. The van der Waals surface area contributed by atoms with Crippen LogP contribution in [0.15, 0.2) is 0 Å². The quantitative estimate of drug-likeness (QED) is 0.520. The van der Waals surface area contributed by atoms with Gasteiger partial charge in [-0.15, -0.1) is 0 Å². The second-order valence-electron chi connectivity index (χ2n) is 1.98. The van der Waals surface area contributed by atoms with Crippen LogP contribution in [0.4, 0.5) is 9.59 Å². The molecule has 0 aliphatic rings. The molecule has 0 aliphatic carbocycles. The van der Waals surface area contributed by atoms with Crippen molar-refractivity contribution >= 4 is 20.4 Å². The zero-order valence-electron chi connectivity index (χ0n) is 8.09. The second-order valence-corrected chi connectivity index (χ2v) is 3.66. The molecule has 9 heteroatoms. The topological polar surface area (TPSA) is 105 Å². The summed E-state index contributed by atoms with van der Waals surface area (Å²) in [5.74, 6) is 0. The number of hydrogen-bond acceptors (Lipinski definition) is 8. The fourth-order valence-electron chi connectivity index (χ4n) is 0.372. The molecule has 0 saturated carbocycles. The molecule has 0 aromatic heterocycles. The van der Waals surface area contributed by atoms with Gasteiger partial charge in [0.25, 0.3) is 0 Å². The van der Waals surface area contributed by atoms with E-state index in [0.717, 1.165) is 0 Å². The number of carbonyl (C=O) groups is 2. The Morgan fingerprint density at radius 2 is 1.27 bits per heavy atom. The highest BCUT2D eigenvalue weighted by atomic mass is 32.2. The van der Waals surface area contributed by atoms with Gasteiger partial charge in [-0.2, -0.15) is 9.78 Å². The number of rotatable bonds is 4. The van der Waals surface area contributed by atoms with Gasteiger partial charge in [0.05, 0.1) is 13.2 Å². The van der Waals surface area contributed by atoms with E-state index in [1.165, 1.54) is 13.8 Å². The van der Waals surface area contributed by atoms with Crippen LogP contribution in [0.25, 0.3) is 0 Å². The summed E-state index contributed by atoms with van der Waals surface area (Å²) in [5.41, 5.74) is 0. The largest absolute Gasteiger partial charge is 0.467 e. The van der Waals surface area contributed by atoms with Crippen molar-refractivity contribution in [1.82, 2.24) is 0 Å². The Balaban J connectivity index is 4.40. The predicted octanol–water partition coefficient (Wildman–Crippen LogP) is 0.577. The molecule has 0 spiro atoms. The lowest BCUT2D eigenvalue weighted by molar-refractivity contribution is -0.229. The Labute approximate surface area is 85.8 Å². The van der Waals surface area contributed by atoms with Gasteiger partial charge < -0.3 is 0 Å². The molecule has 0 bridgehead atoms. The highest BCUT2D eigenvalue weighted by Gasteiger charge is 2.37. The van der Waals surface area contributed by atoms with Crippen LogP contribution in [-0.2, 0) is 29.4 Å². The van der Waals surface area contributed by atoms with Gasteiger partial charge in [-0.25, -0.2) is 18.0 Å². The molecule has 15 heavy (non-hydrogen) atoms. The van der Waals surface area contributed by atoms with E-state index in [4.69, 9.17) is 0 Å². The Kier molecular flexibility index (Phi) is 5.82. The molecule has 0 aromatic rings. The van der Waals surface area contributed by atoms with E-state index in [2.05, 4.69) is 19.6 Å². The zero-order valence-corrected chi connectivity index (χ0v) is 8.90. The molecule has 0 aromatic carbocycles. The summed E-state index contributed by atoms with van der Waals surface area (Å²) >= 11 is 0. The van der Waals surface area contributed by atoms with Crippen LogP contribution in [0.1, 0.15) is 13.8 Å². The molecule has 0 aliphatic heterocycles. The molecule has 0 unspecified atom stereocenters. The van der Waals surface area contributed by atoms with Crippen molar-refractivity contribution in [2.24, 2.45) is 0 Å². The van der Waals surface area contributed by atoms with Crippen LogP contribution < -0.4 is 0 Å².